The van der Waals surface area contributed by atoms with Crippen LogP contribution in [0.3, 0.4) is 0 Å². The molecule has 0 saturated carbocycles. The number of anilines is 1. The molecule has 1 fully saturated rings. The Morgan fingerprint density at radius 1 is 1.32 bits per heavy atom. The summed E-state index contributed by atoms with van der Waals surface area (Å²) in [4.78, 5) is 18.7. The molecule has 2 aromatic heterocycles. The number of hydrogen-bond donors (Lipinski definition) is 2. The zero-order chi connectivity index (χ0) is 19.5. The van der Waals surface area contributed by atoms with Crippen LogP contribution in [0.2, 0.25) is 0 Å². The minimum atomic E-state index is -0.391. The summed E-state index contributed by atoms with van der Waals surface area (Å²) in [5.74, 6) is 0.585. The average Bonchev–Trinajstić information content (AvgIpc) is 3.38. The van der Waals surface area contributed by atoms with Crippen LogP contribution < -0.4 is 10.6 Å². The van der Waals surface area contributed by atoms with E-state index in [0.29, 0.717) is 16.9 Å². The molecule has 3 heterocycles. The van der Waals surface area contributed by atoms with Crippen LogP contribution in [0, 0.1) is 11.3 Å². The third kappa shape index (κ3) is 3.58. The fourth-order valence-corrected chi connectivity index (χ4v) is 3.40. The number of carbonyl (C=O) groups is 1. The first-order valence-electron chi connectivity index (χ1n) is 8.90. The lowest BCUT2D eigenvalue weighted by Crippen LogP contribution is -2.43. The van der Waals surface area contributed by atoms with E-state index in [4.69, 9.17) is 5.26 Å². The molecule has 0 bridgehead atoms. The lowest BCUT2D eigenvalue weighted by atomic mass is 9.98. The van der Waals surface area contributed by atoms with Crippen LogP contribution in [0.1, 0.15) is 29.3 Å². The summed E-state index contributed by atoms with van der Waals surface area (Å²) in [5.41, 5.74) is 1.85. The van der Waals surface area contributed by atoms with Crippen molar-refractivity contribution in [1.82, 2.24) is 30.5 Å². The van der Waals surface area contributed by atoms with E-state index in [1.54, 1.807) is 42.6 Å². The van der Waals surface area contributed by atoms with Gasteiger partial charge in [-0.3, -0.25) is 4.79 Å². The van der Waals surface area contributed by atoms with E-state index < -0.39 is 6.04 Å². The first kappa shape index (κ1) is 17.8. The Hall–Kier alpha value is -3.64. The highest BCUT2D eigenvalue weighted by Crippen LogP contribution is 2.22. The van der Waals surface area contributed by atoms with Gasteiger partial charge in [-0.1, -0.05) is 0 Å². The SMILES string of the molecule is C[C@@H]1C[C@@H](Nc2cc(C#N)ccn2)C(C(=O)c2ccc(-n3ncnn3)cc2)N1. The summed E-state index contributed by atoms with van der Waals surface area (Å²) in [6.07, 6.45) is 3.71. The standard InChI is InChI=1S/C19H18N8O/c1-12-8-16(25-17-9-13(10-20)6-7-21-17)18(24-12)19(28)14-2-4-15(5-3-14)27-23-11-22-26-27/h2-7,9,11-12,16,18,24H,8H2,1H3,(H,21,25)/t12-,16-,18?/m1/s1. The van der Waals surface area contributed by atoms with E-state index in [2.05, 4.69) is 37.1 Å². The molecule has 3 atom stereocenters. The number of tetrazole rings is 1. The lowest BCUT2D eigenvalue weighted by molar-refractivity contribution is 0.0946. The Morgan fingerprint density at radius 3 is 2.86 bits per heavy atom. The molecule has 1 aliphatic heterocycles. The third-order valence-corrected chi connectivity index (χ3v) is 4.71. The zero-order valence-electron chi connectivity index (χ0n) is 15.1. The second-order valence-electron chi connectivity index (χ2n) is 6.71. The van der Waals surface area contributed by atoms with Crippen molar-refractivity contribution in [1.29, 1.82) is 5.26 Å². The zero-order valence-corrected chi connectivity index (χ0v) is 15.1. The summed E-state index contributed by atoms with van der Waals surface area (Å²) < 4.78 is 0. The summed E-state index contributed by atoms with van der Waals surface area (Å²) >= 11 is 0. The molecule has 4 rings (SSSR count). The number of Topliss-reactive ketones (excluding diaryl/α,β-unsaturated/α-hetero) is 1. The number of nitrogens with zero attached hydrogens (tertiary/aromatic N) is 6. The molecule has 0 aliphatic carbocycles. The van der Waals surface area contributed by atoms with E-state index in [9.17, 15) is 4.79 Å². The summed E-state index contributed by atoms with van der Waals surface area (Å²) in [6.45, 7) is 2.04. The van der Waals surface area contributed by atoms with Gasteiger partial charge in [0.25, 0.3) is 0 Å². The normalized spacial score (nSPS) is 21.2. The van der Waals surface area contributed by atoms with Gasteiger partial charge in [0.2, 0.25) is 0 Å². The number of aromatic nitrogens is 5. The topological polar surface area (TPSA) is 121 Å². The lowest BCUT2D eigenvalue weighted by Gasteiger charge is -2.20. The van der Waals surface area contributed by atoms with E-state index >= 15 is 0 Å². The van der Waals surface area contributed by atoms with Gasteiger partial charge in [-0.25, -0.2) is 4.98 Å². The Balaban J connectivity index is 1.52. The molecule has 0 radical (unpaired) electrons. The number of nitriles is 1. The predicted molar refractivity (Wildman–Crippen MR) is 101 cm³/mol. The molecule has 3 aromatic rings. The molecular weight excluding hydrogens is 356 g/mol. The molecule has 28 heavy (non-hydrogen) atoms. The quantitative estimate of drug-likeness (QED) is 0.642. The smallest absolute Gasteiger partial charge is 0.181 e. The van der Waals surface area contributed by atoms with Gasteiger partial charge in [0.05, 0.1) is 29.4 Å². The highest BCUT2D eigenvalue weighted by molar-refractivity contribution is 6.01. The molecule has 1 aliphatic rings. The van der Waals surface area contributed by atoms with Crippen molar-refractivity contribution in [2.75, 3.05) is 5.32 Å². The predicted octanol–water partition coefficient (Wildman–Crippen LogP) is 1.34. The van der Waals surface area contributed by atoms with Gasteiger partial charge in [0, 0.05) is 17.8 Å². The molecule has 1 aromatic carbocycles. The Bertz CT molecular complexity index is 1010. The number of carbonyl (C=O) groups excluding carboxylic acids is 1. The number of benzene rings is 1. The van der Waals surface area contributed by atoms with Gasteiger partial charge in [0.15, 0.2) is 12.1 Å². The van der Waals surface area contributed by atoms with E-state index in [0.717, 1.165) is 12.1 Å². The van der Waals surface area contributed by atoms with E-state index in [1.165, 1.54) is 11.1 Å². The number of ketones is 1. The first-order chi connectivity index (χ1) is 13.6. The number of nitrogens with one attached hydrogen (secondary N) is 2. The fourth-order valence-electron chi connectivity index (χ4n) is 3.40. The van der Waals surface area contributed by atoms with Crippen LogP contribution in [-0.4, -0.2) is 49.1 Å². The number of pyridine rings is 1. The van der Waals surface area contributed by atoms with Crippen LogP contribution in [-0.2, 0) is 0 Å². The van der Waals surface area contributed by atoms with Gasteiger partial charge in [-0.2, -0.15) is 5.26 Å². The maximum Gasteiger partial charge on any atom is 0.181 e. The van der Waals surface area contributed by atoms with Crippen LogP contribution >= 0.6 is 0 Å². The van der Waals surface area contributed by atoms with Crippen molar-refractivity contribution in [3.05, 3.63) is 60.0 Å². The summed E-state index contributed by atoms with van der Waals surface area (Å²) in [6, 6.07) is 12.2. The molecule has 9 nitrogen and oxygen atoms in total. The van der Waals surface area contributed by atoms with E-state index in [1.807, 2.05) is 6.92 Å². The minimum absolute atomic E-state index is 0.00335. The van der Waals surface area contributed by atoms with Gasteiger partial charge >= 0.3 is 0 Å². The van der Waals surface area contributed by atoms with Crippen LogP contribution in [0.5, 0.6) is 0 Å². The third-order valence-electron chi connectivity index (χ3n) is 4.71. The Morgan fingerprint density at radius 2 is 2.14 bits per heavy atom. The van der Waals surface area contributed by atoms with Crippen LogP contribution in [0.4, 0.5) is 5.82 Å². The largest absolute Gasteiger partial charge is 0.365 e. The average molecular weight is 374 g/mol. The molecule has 1 unspecified atom stereocenters. The molecular formula is C19H18N8O. The second kappa shape index (κ2) is 7.54. The van der Waals surface area contributed by atoms with Crippen molar-refractivity contribution in [3.63, 3.8) is 0 Å². The van der Waals surface area contributed by atoms with Crippen molar-refractivity contribution in [2.24, 2.45) is 0 Å². The maximum atomic E-state index is 13.1. The van der Waals surface area contributed by atoms with E-state index in [-0.39, 0.29) is 17.9 Å². The highest BCUT2D eigenvalue weighted by atomic mass is 16.1. The highest BCUT2D eigenvalue weighted by Gasteiger charge is 2.37. The van der Waals surface area contributed by atoms with Gasteiger partial charge in [0.1, 0.15) is 5.82 Å². The van der Waals surface area contributed by atoms with Gasteiger partial charge in [-0.15, -0.1) is 15.0 Å². The summed E-state index contributed by atoms with van der Waals surface area (Å²) in [7, 11) is 0. The monoisotopic (exact) mass is 374 g/mol. The minimum Gasteiger partial charge on any atom is -0.365 e. The van der Waals surface area contributed by atoms with Crippen molar-refractivity contribution in [2.45, 2.75) is 31.5 Å². The van der Waals surface area contributed by atoms with Gasteiger partial charge < -0.3 is 10.6 Å². The maximum absolute atomic E-state index is 13.1. The van der Waals surface area contributed by atoms with Crippen molar-refractivity contribution >= 4 is 11.6 Å². The van der Waals surface area contributed by atoms with Crippen LogP contribution in [0.25, 0.3) is 5.69 Å². The molecule has 0 amide bonds. The Labute approximate surface area is 161 Å². The second-order valence-corrected chi connectivity index (χ2v) is 6.71. The molecule has 140 valence electrons. The van der Waals surface area contributed by atoms with Crippen molar-refractivity contribution < 1.29 is 4.79 Å². The molecule has 9 heteroatoms. The molecule has 2 N–H and O–H groups in total. The number of rotatable bonds is 5. The number of hydrogen-bond acceptors (Lipinski definition) is 8. The molecule has 1 saturated heterocycles. The van der Waals surface area contributed by atoms with Gasteiger partial charge in [-0.05, 0) is 55.0 Å². The fraction of sp³-hybridized carbons (Fsp3) is 0.263. The van der Waals surface area contributed by atoms with Crippen LogP contribution in [0.15, 0.2) is 48.9 Å². The summed E-state index contributed by atoms with van der Waals surface area (Å²) in [5, 5.41) is 27.2. The first-order valence-corrected chi connectivity index (χ1v) is 8.90. The van der Waals surface area contributed by atoms with Crippen molar-refractivity contribution in [3.8, 4) is 11.8 Å². The Kier molecular flexibility index (Phi) is 4.78. The molecule has 0 spiro atoms.